The van der Waals surface area contributed by atoms with Gasteiger partial charge in [-0.05, 0) is 54.4 Å². The van der Waals surface area contributed by atoms with Crippen molar-refractivity contribution >= 4 is 22.6 Å². The number of rotatable bonds is 4. The second-order valence-corrected chi connectivity index (χ2v) is 6.81. The molecule has 1 aromatic heterocycles. The fraction of sp³-hybridized carbons (Fsp3) is 0.136. The minimum absolute atomic E-state index is 0.518. The first-order valence-electron chi connectivity index (χ1n) is 8.67. The number of nitrogens with zero attached hydrogens (tertiary/aromatic N) is 2. The molecule has 3 aromatic carbocycles. The highest BCUT2D eigenvalue weighted by Crippen LogP contribution is 2.37. The van der Waals surface area contributed by atoms with Gasteiger partial charge in [-0.2, -0.15) is 0 Å². The molecule has 5 heteroatoms. The molecule has 0 fully saturated rings. The molecule has 0 saturated carbocycles. The van der Waals surface area contributed by atoms with Crippen LogP contribution < -0.4 is 4.74 Å². The quantitative estimate of drug-likeness (QED) is 0.516. The summed E-state index contributed by atoms with van der Waals surface area (Å²) in [4.78, 5) is 4.49. The fourth-order valence-electron chi connectivity index (χ4n) is 3.26. The van der Waals surface area contributed by atoms with E-state index in [2.05, 4.69) is 11.1 Å². The molecule has 0 saturated heterocycles. The molecule has 0 aliphatic rings. The second kappa shape index (κ2) is 7.06. The lowest BCUT2D eigenvalue weighted by molar-refractivity contribution is 0.199. The molecule has 1 N–H and O–H groups in total. The molecule has 0 aliphatic heterocycles. The van der Waals surface area contributed by atoms with Gasteiger partial charge in [0.1, 0.15) is 12.1 Å². The van der Waals surface area contributed by atoms with E-state index in [-0.39, 0.29) is 0 Å². The van der Waals surface area contributed by atoms with Gasteiger partial charge in [-0.15, -0.1) is 0 Å². The average molecular weight is 379 g/mol. The van der Waals surface area contributed by atoms with Crippen LogP contribution in [0.2, 0.25) is 5.02 Å². The Balaban J connectivity index is 1.84. The van der Waals surface area contributed by atoms with E-state index in [1.165, 1.54) is 0 Å². The SMILES string of the molecule is COc1cccc(Cl)c1-c1cccc(-n2cnc3cc([C@H](C)O)ccc32)c1. The average Bonchev–Trinajstić information content (AvgIpc) is 3.11. The van der Waals surface area contributed by atoms with Crippen LogP contribution in [0.4, 0.5) is 0 Å². The number of benzene rings is 3. The third-order valence-corrected chi connectivity index (χ3v) is 4.98. The van der Waals surface area contributed by atoms with Gasteiger partial charge in [-0.25, -0.2) is 4.98 Å². The molecule has 0 aliphatic carbocycles. The van der Waals surface area contributed by atoms with Crippen LogP contribution in [-0.2, 0) is 0 Å². The van der Waals surface area contributed by atoms with Gasteiger partial charge in [0.15, 0.2) is 0 Å². The van der Waals surface area contributed by atoms with Gasteiger partial charge in [0.25, 0.3) is 0 Å². The summed E-state index contributed by atoms with van der Waals surface area (Å²) in [7, 11) is 1.64. The summed E-state index contributed by atoms with van der Waals surface area (Å²) >= 11 is 6.44. The number of methoxy groups -OCH3 is 1. The Kier molecular flexibility index (Phi) is 4.60. The molecule has 0 amide bonds. The monoisotopic (exact) mass is 378 g/mol. The molecule has 4 aromatic rings. The summed E-state index contributed by atoms with van der Waals surface area (Å²) in [6, 6.07) is 19.5. The lowest BCUT2D eigenvalue weighted by Gasteiger charge is -2.12. The van der Waals surface area contributed by atoms with Gasteiger partial charge >= 0.3 is 0 Å². The molecule has 0 spiro atoms. The zero-order chi connectivity index (χ0) is 19.0. The maximum atomic E-state index is 9.79. The molecule has 1 heterocycles. The van der Waals surface area contributed by atoms with E-state index in [1.54, 1.807) is 20.4 Å². The first-order chi connectivity index (χ1) is 13.1. The molecule has 0 radical (unpaired) electrons. The molecular weight excluding hydrogens is 360 g/mol. The smallest absolute Gasteiger partial charge is 0.128 e. The van der Waals surface area contributed by atoms with Crippen molar-refractivity contribution in [2.24, 2.45) is 0 Å². The number of halogens is 1. The molecule has 0 unspecified atom stereocenters. The highest BCUT2D eigenvalue weighted by atomic mass is 35.5. The number of ether oxygens (including phenoxy) is 1. The number of aliphatic hydroxyl groups is 1. The highest BCUT2D eigenvalue weighted by molar-refractivity contribution is 6.33. The molecule has 136 valence electrons. The van der Waals surface area contributed by atoms with Crippen molar-refractivity contribution in [3.63, 3.8) is 0 Å². The Morgan fingerprint density at radius 3 is 2.67 bits per heavy atom. The first kappa shape index (κ1) is 17.6. The van der Waals surface area contributed by atoms with Crippen LogP contribution in [0, 0.1) is 0 Å². The molecule has 27 heavy (non-hydrogen) atoms. The third kappa shape index (κ3) is 3.18. The summed E-state index contributed by atoms with van der Waals surface area (Å²) < 4.78 is 7.51. The molecule has 0 bridgehead atoms. The number of imidazole rings is 1. The van der Waals surface area contributed by atoms with Crippen LogP contribution in [0.25, 0.3) is 27.8 Å². The van der Waals surface area contributed by atoms with Crippen molar-refractivity contribution in [2.45, 2.75) is 13.0 Å². The Hall–Kier alpha value is -2.82. The largest absolute Gasteiger partial charge is 0.496 e. The van der Waals surface area contributed by atoms with Crippen LogP contribution in [0.3, 0.4) is 0 Å². The summed E-state index contributed by atoms with van der Waals surface area (Å²) in [6.45, 7) is 1.75. The van der Waals surface area contributed by atoms with E-state index in [0.29, 0.717) is 5.02 Å². The van der Waals surface area contributed by atoms with Crippen LogP contribution in [0.1, 0.15) is 18.6 Å². The summed E-state index contributed by atoms with van der Waals surface area (Å²) in [5.41, 5.74) is 5.47. The number of hydrogen-bond donors (Lipinski definition) is 1. The molecular formula is C22H19ClN2O2. The Labute approximate surface area is 162 Å². The number of aliphatic hydroxyl groups excluding tert-OH is 1. The lowest BCUT2D eigenvalue weighted by atomic mass is 10.0. The van der Waals surface area contributed by atoms with E-state index in [4.69, 9.17) is 16.3 Å². The van der Waals surface area contributed by atoms with Crippen molar-refractivity contribution in [2.75, 3.05) is 7.11 Å². The second-order valence-electron chi connectivity index (χ2n) is 6.41. The Morgan fingerprint density at radius 2 is 1.89 bits per heavy atom. The third-order valence-electron chi connectivity index (χ3n) is 4.66. The Bertz CT molecular complexity index is 1120. The van der Waals surface area contributed by atoms with Crippen LogP contribution >= 0.6 is 11.6 Å². The van der Waals surface area contributed by atoms with Gasteiger partial charge in [-0.3, -0.25) is 4.57 Å². The summed E-state index contributed by atoms with van der Waals surface area (Å²) in [5.74, 6) is 0.733. The van der Waals surface area contributed by atoms with E-state index in [9.17, 15) is 5.11 Å². The molecule has 4 rings (SSSR count). The maximum absolute atomic E-state index is 9.79. The van der Waals surface area contributed by atoms with Gasteiger partial charge in [0, 0.05) is 11.3 Å². The van der Waals surface area contributed by atoms with Crippen molar-refractivity contribution in [1.29, 1.82) is 0 Å². The van der Waals surface area contributed by atoms with Crippen molar-refractivity contribution in [3.8, 4) is 22.6 Å². The minimum Gasteiger partial charge on any atom is -0.496 e. The van der Waals surface area contributed by atoms with Crippen LogP contribution in [0.15, 0.2) is 67.0 Å². The minimum atomic E-state index is -0.518. The van der Waals surface area contributed by atoms with E-state index < -0.39 is 6.10 Å². The van der Waals surface area contributed by atoms with Gasteiger partial charge in [0.2, 0.25) is 0 Å². The summed E-state index contributed by atoms with van der Waals surface area (Å²) in [5, 5.41) is 10.4. The lowest BCUT2D eigenvalue weighted by Crippen LogP contribution is -1.95. The molecule has 4 nitrogen and oxygen atoms in total. The predicted octanol–water partition coefficient (Wildman–Crippen LogP) is 5.41. The van der Waals surface area contributed by atoms with Crippen molar-refractivity contribution in [3.05, 3.63) is 77.6 Å². The standard InChI is InChI=1S/C22H19ClN2O2/c1-14(26)15-9-10-20-19(12-15)24-13-25(20)17-6-3-5-16(11-17)22-18(23)7-4-8-21(22)27-2/h3-14,26H,1-2H3/t14-/m0/s1. The van der Waals surface area contributed by atoms with E-state index in [0.717, 1.165) is 39.2 Å². The maximum Gasteiger partial charge on any atom is 0.128 e. The zero-order valence-corrected chi connectivity index (χ0v) is 15.8. The predicted molar refractivity (Wildman–Crippen MR) is 109 cm³/mol. The topological polar surface area (TPSA) is 47.3 Å². The number of hydrogen-bond acceptors (Lipinski definition) is 3. The first-order valence-corrected chi connectivity index (χ1v) is 9.04. The van der Waals surface area contributed by atoms with Crippen molar-refractivity contribution in [1.82, 2.24) is 9.55 Å². The van der Waals surface area contributed by atoms with Crippen LogP contribution in [-0.4, -0.2) is 21.8 Å². The Morgan fingerprint density at radius 1 is 1.07 bits per heavy atom. The van der Waals surface area contributed by atoms with Gasteiger partial charge in [0.05, 0.1) is 29.3 Å². The van der Waals surface area contributed by atoms with Crippen LogP contribution in [0.5, 0.6) is 5.75 Å². The molecule has 1 atom stereocenters. The highest BCUT2D eigenvalue weighted by Gasteiger charge is 2.13. The van der Waals surface area contributed by atoms with E-state index in [1.807, 2.05) is 59.2 Å². The fourth-order valence-corrected chi connectivity index (χ4v) is 3.54. The van der Waals surface area contributed by atoms with Gasteiger partial charge in [-0.1, -0.05) is 35.9 Å². The normalized spacial score (nSPS) is 12.3. The number of fused-ring (bicyclic) bond motifs is 1. The van der Waals surface area contributed by atoms with Gasteiger partial charge < -0.3 is 9.84 Å². The summed E-state index contributed by atoms with van der Waals surface area (Å²) in [6.07, 6.45) is 1.27. The van der Waals surface area contributed by atoms with E-state index >= 15 is 0 Å². The zero-order valence-electron chi connectivity index (χ0n) is 15.1. The number of aromatic nitrogens is 2. The van der Waals surface area contributed by atoms with Crippen molar-refractivity contribution < 1.29 is 9.84 Å².